The van der Waals surface area contributed by atoms with Crippen molar-refractivity contribution in [2.45, 2.75) is 40.0 Å². The van der Waals surface area contributed by atoms with Gasteiger partial charge in [-0.25, -0.2) is 0 Å². The molecule has 21 heavy (non-hydrogen) atoms. The third kappa shape index (κ3) is 3.32. The molecule has 1 aromatic carbocycles. The van der Waals surface area contributed by atoms with Gasteiger partial charge in [-0.2, -0.15) is 0 Å². The number of para-hydroxylation sites is 1. The van der Waals surface area contributed by atoms with Gasteiger partial charge in [0.05, 0.1) is 6.42 Å². The molecule has 112 valence electrons. The minimum atomic E-state index is -0.875. The number of carbonyl (C=O) groups excluding carboxylic acids is 1. The number of aromatic amines is 1. The maximum absolute atomic E-state index is 12.5. The molecule has 4 heteroatoms. The molecule has 1 heterocycles. The molecule has 0 aliphatic heterocycles. The van der Waals surface area contributed by atoms with Gasteiger partial charge in [0.25, 0.3) is 0 Å². The second kappa shape index (κ2) is 5.72. The molecule has 0 saturated carbocycles. The summed E-state index contributed by atoms with van der Waals surface area (Å²) in [5.74, 6) is -0.888. The van der Waals surface area contributed by atoms with Crippen LogP contribution in [0.2, 0.25) is 0 Å². The van der Waals surface area contributed by atoms with E-state index in [0.717, 1.165) is 17.3 Å². The van der Waals surface area contributed by atoms with Gasteiger partial charge < -0.3 is 10.1 Å². The highest BCUT2D eigenvalue weighted by molar-refractivity contribution is 6.08. The van der Waals surface area contributed by atoms with E-state index in [4.69, 9.17) is 5.11 Å². The summed E-state index contributed by atoms with van der Waals surface area (Å²) in [5.41, 5.74) is 2.28. The summed E-state index contributed by atoms with van der Waals surface area (Å²) < 4.78 is 0. The highest BCUT2D eigenvalue weighted by Crippen LogP contribution is 2.30. The summed E-state index contributed by atoms with van der Waals surface area (Å²) in [6, 6.07) is 5.93. The third-order valence-electron chi connectivity index (χ3n) is 3.75. The van der Waals surface area contributed by atoms with E-state index in [-0.39, 0.29) is 18.6 Å². The molecule has 0 unspecified atom stereocenters. The van der Waals surface area contributed by atoms with Crippen LogP contribution in [-0.2, 0) is 11.2 Å². The molecule has 2 aromatic rings. The zero-order valence-electron chi connectivity index (χ0n) is 12.7. The SMILES string of the molecule is CCc1cccc2c(C(=O)CC(C)(C)CC(=O)O)c[nH]c12. The zero-order valence-corrected chi connectivity index (χ0v) is 12.7. The molecule has 0 radical (unpaired) electrons. The van der Waals surface area contributed by atoms with Crippen LogP contribution in [0.3, 0.4) is 0 Å². The first kappa shape index (κ1) is 15.3. The van der Waals surface area contributed by atoms with E-state index in [0.29, 0.717) is 5.56 Å². The second-order valence-electron chi connectivity index (χ2n) is 6.23. The molecule has 0 spiro atoms. The van der Waals surface area contributed by atoms with Crippen molar-refractivity contribution in [1.82, 2.24) is 4.98 Å². The minimum Gasteiger partial charge on any atom is -0.481 e. The number of hydrogen-bond acceptors (Lipinski definition) is 2. The van der Waals surface area contributed by atoms with E-state index in [1.807, 2.05) is 32.0 Å². The van der Waals surface area contributed by atoms with Gasteiger partial charge in [-0.3, -0.25) is 9.59 Å². The van der Waals surface area contributed by atoms with Crippen LogP contribution in [0.1, 0.15) is 49.5 Å². The predicted molar refractivity (Wildman–Crippen MR) is 82.7 cm³/mol. The average Bonchev–Trinajstić information content (AvgIpc) is 2.79. The van der Waals surface area contributed by atoms with Crippen molar-refractivity contribution < 1.29 is 14.7 Å². The number of Topliss-reactive ketones (excluding diaryl/α,β-unsaturated/α-hetero) is 1. The Kier molecular flexibility index (Phi) is 4.16. The Hall–Kier alpha value is -2.10. The Morgan fingerprint density at radius 3 is 2.57 bits per heavy atom. The van der Waals surface area contributed by atoms with Crippen LogP contribution in [0.4, 0.5) is 0 Å². The van der Waals surface area contributed by atoms with Crippen molar-refractivity contribution in [3.8, 4) is 0 Å². The Morgan fingerprint density at radius 1 is 1.24 bits per heavy atom. The fourth-order valence-corrected chi connectivity index (χ4v) is 2.74. The molecule has 0 aliphatic carbocycles. The molecule has 0 bridgehead atoms. The lowest BCUT2D eigenvalue weighted by atomic mass is 9.82. The molecule has 2 N–H and O–H groups in total. The molecule has 0 aliphatic rings. The third-order valence-corrected chi connectivity index (χ3v) is 3.75. The number of rotatable bonds is 6. The lowest BCUT2D eigenvalue weighted by Gasteiger charge is -2.21. The fourth-order valence-electron chi connectivity index (χ4n) is 2.74. The van der Waals surface area contributed by atoms with E-state index in [1.165, 1.54) is 5.56 Å². The van der Waals surface area contributed by atoms with Gasteiger partial charge in [-0.05, 0) is 17.4 Å². The summed E-state index contributed by atoms with van der Waals surface area (Å²) in [7, 11) is 0. The summed E-state index contributed by atoms with van der Waals surface area (Å²) in [4.78, 5) is 26.5. The molecule has 0 amide bonds. The van der Waals surface area contributed by atoms with Crippen LogP contribution in [0, 0.1) is 5.41 Å². The van der Waals surface area contributed by atoms with Crippen molar-refractivity contribution in [2.75, 3.05) is 0 Å². The minimum absolute atomic E-state index is 0.0126. The first-order valence-electron chi connectivity index (χ1n) is 7.18. The standard InChI is InChI=1S/C17H21NO3/c1-4-11-6-5-7-12-13(10-18-16(11)12)14(19)8-17(2,3)9-15(20)21/h5-7,10,18H,4,8-9H2,1-3H3,(H,20,21). The van der Waals surface area contributed by atoms with Crippen LogP contribution in [0.25, 0.3) is 10.9 Å². The largest absolute Gasteiger partial charge is 0.481 e. The van der Waals surface area contributed by atoms with Crippen LogP contribution in [0.15, 0.2) is 24.4 Å². The van der Waals surface area contributed by atoms with Crippen LogP contribution >= 0.6 is 0 Å². The molecule has 0 saturated heterocycles. The van der Waals surface area contributed by atoms with E-state index in [1.54, 1.807) is 6.20 Å². The van der Waals surface area contributed by atoms with E-state index < -0.39 is 11.4 Å². The molecule has 2 rings (SSSR count). The van der Waals surface area contributed by atoms with E-state index in [2.05, 4.69) is 11.9 Å². The van der Waals surface area contributed by atoms with Gasteiger partial charge >= 0.3 is 5.97 Å². The normalized spacial score (nSPS) is 11.8. The Balaban J connectivity index is 2.30. The number of carbonyl (C=O) groups is 2. The van der Waals surface area contributed by atoms with Gasteiger partial charge in [-0.15, -0.1) is 0 Å². The van der Waals surface area contributed by atoms with E-state index >= 15 is 0 Å². The van der Waals surface area contributed by atoms with E-state index in [9.17, 15) is 9.59 Å². The first-order valence-corrected chi connectivity index (χ1v) is 7.18. The number of benzene rings is 1. The number of fused-ring (bicyclic) bond motifs is 1. The Labute approximate surface area is 124 Å². The quantitative estimate of drug-likeness (QED) is 0.794. The summed E-state index contributed by atoms with van der Waals surface area (Å²) in [6.45, 7) is 5.70. The maximum atomic E-state index is 12.5. The van der Waals surface area contributed by atoms with Crippen molar-refractivity contribution in [3.05, 3.63) is 35.5 Å². The van der Waals surface area contributed by atoms with Gasteiger partial charge in [0.15, 0.2) is 5.78 Å². The highest BCUT2D eigenvalue weighted by Gasteiger charge is 2.27. The van der Waals surface area contributed by atoms with Crippen LogP contribution < -0.4 is 0 Å². The number of nitrogens with one attached hydrogen (secondary N) is 1. The van der Waals surface area contributed by atoms with Gasteiger partial charge in [0.2, 0.25) is 0 Å². The molecule has 1 aromatic heterocycles. The summed E-state index contributed by atoms with van der Waals surface area (Å²) >= 11 is 0. The van der Waals surface area contributed by atoms with Crippen LogP contribution in [-0.4, -0.2) is 21.8 Å². The lowest BCUT2D eigenvalue weighted by molar-refractivity contribution is -0.139. The van der Waals surface area contributed by atoms with Gasteiger partial charge in [0.1, 0.15) is 0 Å². The van der Waals surface area contributed by atoms with Crippen molar-refractivity contribution in [1.29, 1.82) is 0 Å². The number of aromatic nitrogens is 1. The van der Waals surface area contributed by atoms with Crippen molar-refractivity contribution in [3.63, 3.8) is 0 Å². The number of ketones is 1. The predicted octanol–water partition coefficient (Wildman–Crippen LogP) is 3.80. The van der Waals surface area contributed by atoms with Gasteiger partial charge in [-0.1, -0.05) is 39.0 Å². The first-order chi connectivity index (χ1) is 9.84. The van der Waals surface area contributed by atoms with Crippen LogP contribution in [0.5, 0.6) is 0 Å². The number of H-pyrrole nitrogens is 1. The lowest BCUT2D eigenvalue weighted by Crippen LogP contribution is -2.21. The molecule has 0 atom stereocenters. The van der Waals surface area contributed by atoms with Gasteiger partial charge in [0, 0.05) is 29.1 Å². The number of hydrogen-bond donors (Lipinski definition) is 2. The molecule has 4 nitrogen and oxygen atoms in total. The Morgan fingerprint density at radius 2 is 1.95 bits per heavy atom. The monoisotopic (exact) mass is 287 g/mol. The highest BCUT2D eigenvalue weighted by atomic mass is 16.4. The number of carboxylic acid groups (broad SMARTS) is 1. The maximum Gasteiger partial charge on any atom is 0.303 e. The topological polar surface area (TPSA) is 70.2 Å². The number of aryl methyl sites for hydroxylation is 1. The Bertz CT molecular complexity index is 682. The smallest absolute Gasteiger partial charge is 0.303 e. The molecular formula is C17H21NO3. The summed E-state index contributed by atoms with van der Waals surface area (Å²) in [6.07, 6.45) is 2.85. The molecular weight excluding hydrogens is 266 g/mol. The number of aliphatic carboxylic acids is 1. The second-order valence-corrected chi connectivity index (χ2v) is 6.23. The average molecular weight is 287 g/mol. The summed E-state index contributed by atoms with van der Waals surface area (Å²) in [5, 5.41) is 9.84. The fraction of sp³-hybridized carbons (Fsp3) is 0.412. The van der Waals surface area contributed by atoms with Crippen molar-refractivity contribution in [2.24, 2.45) is 5.41 Å². The zero-order chi connectivity index (χ0) is 15.6. The molecule has 0 fully saturated rings. The van der Waals surface area contributed by atoms with Crippen molar-refractivity contribution >= 4 is 22.7 Å². The number of carboxylic acids is 1.